The lowest BCUT2D eigenvalue weighted by Gasteiger charge is -2.13. The Hall–Kier alpha value is -1.62. The van der Waals surface area contributed by atoms with Crippen molar-refractivity contribution in [3.05, 3.63) is 29.8 Å². The van der Waals surface area contributed by atoms with Crippen molar-refractivity contribution in [2.24, 2.45) is 5.73 Å². The van der Waals surface area contributed by atoms with Crippen molar-refractivity contribution in [3.63, 3.8) is 0 Å². The van der Waals surface area contributed by atoms with E-state index in [2.05, 4.69) is 0 Å². The predicted molar refractivity (Wildman–Crippen MR) is 64.7 cm³/mol. The molecule has 0 amide bonds. The first kappa shape index (κ1) is 12.4. The van der Waals surface area contributed by atoms with Gasteiger partial charge in [-0.3, -0.25) is 0 Å². The van der Waals surface area contributed by atoms with Crippen molar-refractivity contribution in [1.29, 1.82) is 0 Å². The molecule has 0 bridgehead atoms. The standard InChI is InChI=1S/C11H13NO3S/c1-2-9(11(13)14)15-8-5-3-4-7(6-8)10(12)16/h3-6,9H,2H2,1H3,(H2,12,16)(H,13,14). The van der Waals surface area contributed by atoms with Crippen LogP contribution in [0.2, 0.25) is 0 Å². The number of thiocarbonyl (C=S) groups is 1. The van der Waals surface area contributed by atoms with Gasteiger partial charge in [0.15, 0.2) is 6.10 Å². The summed E-state index contributed by atoms with van der Waals surface area (Å²) >= 11 is 4.82. The average molecular weight is 239 g/mol. The molecule has 1 unspecified atom stereocenters. The zero-order valence-corrected chi connectivity index (χ0v) is 9.66. The first-order valence-corrected chi connectivity index (χ1v) is 5.24. The van der Waals surface area contributed by atoms with E-state index < -0.39 is 12.1 Å². The van der Waals surface area contributed by atoms with Gasteiger partial charge in [-0.15, -0.1) is 0 Å². The highest BCUT2D eigenvalue weighted by Gasteiger charge is 2.16. The van der Waals surface area contributed by atoms with Crippen molar-refractivity contribution in [2.75, 3.05) is 0 Å². The Kier molecular flexibility index (Phi) is 4.25. The number of nitrogens with two attached hydrogens (primary N) is 1. The van der Waals surface area contributed by atoms with Gasteiger partial charge in [0.1, 0.15) is 10.7 Å². The van der Waals surface area contributed by atoms with Gasteiger partial charge in [0, 0.05) is 5.56 Å². The van der Waals surface area contributed by atoms with Crippen molar-refractivity contribution < 1.29 is 14.6 Å². The second-order valence-electron chi connectivity index (χ2n) is 3.25. The van der Waals surface area contributed by atoms with Gasteiger partial charge in [0.25, 0.3) is 0 Å². The van der Waals surface area contributed by atoms with E-state index in [1.54, 1.807) is 31.2 Å². The van der Waals surface area contributed by atoms with Crippen LogP contribution >= 0.6 is 12.2 Å². The maximum absolute atomic E-state index is 10.8. The molecule has 1 rings (SSSR count). The Morgan fingerprint density at radius 2 is 2.31 bits per heavy atom. The Morgan fingerprint density at radius 3 is 2.81 bits per heavy atom. The molecule has 1 atom stereocenters. The highest BCUT2D eigenvalue weighted by molar-refractivity contribution is 7.80. The van der Waals surface area contributed by atoms with Crippen LogP contribution in [0.4, 0.5) is 0 Å². The van der Waals surface area contributed by atoms with E-state index in [1.165, 1.54) is 0 Å². The normalized spacial score (nSPS) is 11.8. The third kappa shape index (κ3) is 3.20. The number of hydrogen-bond acceptors (Lipinski definition) is 3. The fourth-order valence-corrected chi connectivity index (χ4v) is 1.32. The maximum Gasteiger partial charge on any atom is 0.344 e. The molecule has 0 radical (unpaired) electrons. The smallest absolute Gasteiger partial charge is 0.344 e. The summed E-state index contributed by atoms with van der Waals surface area (Å²) in [6, 6.07) is 6.77. The number of carbonyl (C=O) groups is 1. The van der Waals surface area contributed by atoms with Gasteiger partial charge in [-0.05, 0) is 18.6 Å². The zero-order valence-electron chi connectivity index (χ0n) is 8.84. The lowest BCUT2D eigenvalue weighted by Crippen LogP contribution is -2.26. The van der Waals surface area contributed by atoms with Crippen LogP contribution < -0.4 is 10.5 Å². The van der Waals surface area contributed by atoms with E-state index in [0.717, 1.165) is 0 Å². The van der Waals surface area contributed by atoms with Crippen LogP contribution in [-0.2, 0) is 4.79 Å². The average Bonchev–Trinajstić information content (AvgIpc) is 2.25. The molecule has 1 aromatic carbocycles. The monoisotopic (exact) mass is 239 g/mol. The molecule has 16 heavy (non-hydrogen) atoms. The number of benzene rings is 1. The topological polar surface area (TPSA) is 72.5 Å². The number of hydrogen-bond donors (Lipinski definition) is 2. The first-order valence-electron chi connectivity index (χ1n) is 4.84. The molecule has 1 aromatic rings. The second kappa shape index (κ2) is 5.46. The third-order valence-electron chi connectivity index (χ3n) is 2.04. The molecule has 4 nitrogen and oxygen atoms in total. The Bertz CT molecular complexity index is 406. The summed E-state index contributed by atoms with van der Waals surface area (Å²) in [5.74, 6) is -0.525. The molecular formula is C11H13NO3S. The molecule has 3 N–H and O–H groups in total. The van der Waals surface area contributed by atoms with Crippen LogP contribution in [-0.4, -0.2) is 22.2 Å². The van der Waals surface area contributed by atoms with Crippen LogP contribution in [0.15, 0.2) is 24.3 Å². The summed E-state index contributed by atoms with van der Waals surface area (Å²) in [6.07, 6.45) is -0.450. The lowest BCUT2D eigenvalue weighted by molar-refractivity contribution is -0.145. The molecular weight excluding hydrogens is 226 g/mol. The largest absolute Gasteiger partial charge is 0.479 e. The summed E-state index contributed by atoms with van der Waals surface area (Å²) in [7, 11) is 0. The highest BCUT2D eigenvalue weighted by atomic mass is 32.1. The molecule has 0 heterocycles. The third-order valence-corrected chi connectivity index (χ3v) is 2.28. The number of carboxylic acids is 1. The van der Waals surface area contributed by atoms with E-state index in [4.69, 9.17) is 27.8 Å². The second-order valence-corrected chi connectivity index (χ2v) is 3.68. The Labute approximate surface area is 99.0 Å². The van der Waals surface area contributed by atoms with Crippen molar-refractivity contribution in [2.45, 2.75) is 19.4 Å². The summed E-state index contributed by atoms with van der Waals surface area (Å²) in [4.78, 5) is 11.0. The van der Waals surface area contributed by atoms with E-state index >= 15 is 0 Å². The Balaban J connectivity index is 2.84. The number of carboxylic acid groups (broad SMARTS) is 1. The van der Waals surface area contributed by atoms with Gasteiger partial charge in [0.05, 0.1) is 0 Å². The van der Waals surface area contributed by atoms with Gasteiger partial charge in [-0.2, -0.15) is 0 Å². The van der Waals surface area contributed by atoms with E-state index in [0.29, 0.717) is 17.7 Å². The number of rotatable bonds is 5. The van der Waals surface area contributed by atoms with Crippen LogP contribution in [0.5, 0.6) is 5.75 Å². The zero-order chi connectivity index (χ0) is 12.1. The minimum absolute atomic E-state index is 0.258. The molecule has 0 saturated heterocycles. The minimum atomic E-state index is -0.983. The quantitative estimate of drug-likeness (QED) is 0.763. The van der Waals surface area contributed by atoms with Crippen LogP contribution in [0.25, 0.3) is 0 Å². The van der Waals surface area contributed by atoms with Gasteiger partial charge >= 0.3 is 5.97 Å². The summed E-state index contributed by atoms with van der Waals surface area (Å²) in [6.45, 7) is 1.75. The van der Waals surface area contributed by atoms with Gasteiger partial charge in [-0.25, -0.2) is 4.79 Å². The summed E-state index contributed by atoms with van der Waals surface area (Å²) in [5, 5.41) is 8.84. The molecule has 0 aliphatic heterocycles. The summed E-state index contributed by atoms with van der Waals surface area (Å²) < 4.78 is 5.30. The molecule has 0 fully saturated rings. The molecule has 0 aromatic heterocycles. The van der Waals surface area contributed by atoms with Gasteiger partial charge < -0.3 is 15.6 Å². The number of ether oxygens (including phenoxy) is 1. The van der Waals surface area contributed by atoms with Crippen molar-refractivity contribution in [3.8, 4) is 5.75 Å². The van der Waals surface area contributed by atoms with Crippen LogP contribution in [0, 0.1) is 0 Å². The molecule has 0 spiro atoms. The molecule has 0 saturated carbocycles. The highest BCUT2D eigenvalue weighted by Crippen LogP contribution is 2.16. The fraction of sp³-hybridized carbons (Fsp3) is 0.273. The summed E-state index contributed by atoms with van der Waals surface area (Å²) in [5.41, 5.74) is 6.13. The van der Waals surface area contributed by atoms with Crippen LogP contribution in [0.1, 0.15) is 18.9 Å². The predicted octanol–water partition coefficient (Wildman–Crippen LogP) is 1.56. The van der Waals surface area contributed by atoms with Gasteiger partial charge in [-0.1, -0.05) is 31.3 Å². The SMILES string of the molecule is CCC(Oc1cccc(C(N)=S)c1)C(=O)O. The minimum Gasteiger partial charge on any atom is -0.479 e. The van der Waals surface area contributed by atoms with Crippen LogP contribution in [0.3, 0.4) is 0 Å². The molecule has 0 aliphatic carbocycles. The number of aliphatic carboxylic acids is 1. The van der Waals surface area contributed by atoms with E-state index in [-0.39, 0.29) is 4.99 Å². The lowest BCUT2D eigenvalue weighted by atomic mass is 10.2. The Morgan fingerprint density at radius 1 is 1.62 bits per heavy atom. The molecule has 86 valence electrons. The molecule has 0 aliphatic rings. The van der Waals surface area contributed by atoms with Gasteiger partial charge in [0.2, 0.25) is 0 Å². The first-order chi connectivity index (χ1) is 7.54. The maximum atomic E-state index is 10.8. The van der Waals surface area contributed by atoms with Crippen molar-refractivity contribution >= 4 is 23.2 Å². The van der Waals surface area contributed by atoms with E-state index in [1.807, 2.05) is 0 Å². The van der Waals surface area contributed by atoms with Crippen molar-refractivity contribution in [1.82, 2.24) is 0 Å². The molecule has 5 heteroatoms. The fourth-order valence-electron chi connectivity index (χ4n) is 1.20. The van der Waals surface area contributed by atoms with E-state index in [9.17, 15) is 4.79 Å².